The van der Waals surface area contributed by atoms with E-state index in [1.54, 1.807) is 7.11 Å². The average Bonchev–Trinajstić information content (AvgIpc) is 3.28. The number of esters is 1. The molecule has 1 amide bonds. The van der Waals surface area contributed by atoms with E-state index in [1.807, 2.05) is 77.9 Å². The maximum atomic E-state index is 13.1. The predicted molar refractivity (Wildman–Crippen MR) is 139 cm³/mol. The van der Waals surface area contributed by atoms with Crippen LogP contribution in [0.15, 0.2) is 88.0 Å². The summed E-state index contributed by atoms with van der Waals surface area (Å²) in [6.07, 6.45) is 0.145. The Balaban J connectivity index is 1.46. The quantitative estimate of drug-likeness (QED) is 0.363. The molecule has 4 rings (SSSR count). The molecule has 0 saturated carbocycles. The third-order valence-corrected chi connectivity index (χ3v) is 6.52. The van der Waals surface area contributed by atoms with Gasteiger partial charge in [-0.3, -0.25) is 4.79 Å². The van der Waals surface area contributed by atoms with Crippen LogP contribution < -0.4 is 10.1 Å². The summed E-state index contributed by atoms with van der Waals surface area (Å²) in [6.45, 7) is 3.01. The fraction of sp³-hybridized carbons (Fsp3) is 0.296. The molecule has 0 spiro atoms. The number of amides is 1. The lowest BCUT2D eigenvalue weighted by Crippen LogP contribution is -2.38. The molecular formula is C27H29N3O5S. The van der Waals surface area contributed by atoms with Crippen molar-refractivity contribution in [3.8, 4) is 5.75 Å². The van der Waals surface area contributed by atoms with Gasteiger partial charge in [0.05, 0.1) is 36.9 Å². The zero-order chi connectivity index (χ0) is 25.3. The highest BCUT2D eigenvalue weighted by Gasteiger charge is 2.41. The number of nitrogens with zero attached hydrogens (tertiary/aromatic N) is 2. The summed E-state index contributed by atoms with van der Waals surface area (Å²) < 4.78 is 16.1. The van der Waals surface area contributed by atoms with E-state index in [0.29, 0.717) is 31.0 Å². The summed E-state index contributed by atoms with van der Waals surface area (Å²) in [5.74, 6) is 0.177. The topological polar surface area (TPSA) is 89.5 Å². The zero-order valence-electron chi connectivity index (χ0n) is 20.3. The highest BCUT2D eigenvalue weighted by Crippen LogP contribution is 2.44. The molecule has 2 aliphatic rings. The van der Waals surface area contributed by atoms with Crippen molar-refractivity contribution >= 4 is 28.8 Å². The van der Waals surface area contributed by atoms with Crippen LogP contribution >= 0.6 is 11.8 Å². The SMILES string of the molecule is COCCOC(=O)C1=C(C)N=C2SC=C(CC(=O)NCCOc3ccccc3)N2C1c1ccccc1. The van der Waals surface area contributed by atoms with Gasteiger partial charge in [-0.05, 0) is 30.0 Å². The van der Waals surface area contributed by atoms with E-state index in [4.69, 9.17) is 14.2 Å². The lowest BCUT2D eigenvalue weighted by Gasteiger charge is -2.36. The van der Waals surface area contributed by atoms with E-state index < -0.39 is 12.0 Å². The number of benzene rings is 2. The molecule has 188 valence electrons. The molecule has 0 saturated heterocycles. The lowest BCUT2D eigenvalue weighted by atomic mass is 9.94. The molecule has 0 radical (unpaired) electrons. The Labute approximate surface area is 215 Å². The standard InChI is InChI=1S/C27H29N3O5S/c1-19-24(26(32)35-16-15-33-2)25(20-9-5-3-6-10-20)30-21(18-36-27(30)29-19)17-23(31)28-13-14-34-22-11-7-4-8-12-22/h3-12,18,25H,13-17H2,1-2H3,(H,28,31). The predicted octanol–water partition coefficient (Wildman–Crippen LogP) is 4.04. The number of ether oxygens (including phenoxy) is 3. The Morgan fingerprint density at radius 1 is 1.03 bits per heavy atom. The van der Waals surface area contributed by atoms with Crippen LogP contribution in [0.4, 0.5) is 0 Å². The first-order valence-electron chi connectivity index (χ1n) is 11.7. The average molecular weight is 508 g/mol. The number of fused-ring (bicyclic) bond motifs is 1. The molecular weight excluding hydrogens is 478 g/mol. The number of hydrogen-bond donors (Lipinski definition) is 1. The number of rotatable bonds is 11. The molecule has 2 aromatic carbocycles. The van der Waals surface area contributed by atoms with Gasteiger partial charge in [-0.15, -0.1) is 0 Å². The Morgan fingerprint density at radius 3 is 2.47 bits per heavy atom. The number of hydrogen-bond acceptors (Lipinski definition) is 8. The number of carbonyl (C=O) groups is 2. The minimum absolute atomic E-state index is 0.137. The highest BCUT2D eigenvalue weighted by molar-refractivity contribution is 8.16. The van der Waals surface area contributed by atoms with Gasteiger partial charge in [-0.2, -0.15) is 0 Å². The number of methoxy groups -OCH3 is 1. The molecule has 9 heteroatoms. The summed E-state index contributed by atoms with van der Waals surface area (Å²) in [5, 5.41) is 5.55. The van der Waals surface area contributed by atoms with Gasteiger partial charge in [-0.25, -0.2) is 9.79 Å². The molecule has 2 aliphatic heterocycles. The van der Waals surface area contributed by atoms with E-state index in [-0.39, 0.29) is 18.9 Å². The Bertz CT molecular complexity index is 1160. The number of carbonyl (C=O) groups excluding carboxylic acids is 2. The van der Waals surface area contributed by atoms with Gasteiger partial charge < -0.3 is 24.4 Å². The minimum Gasteiger partial charge on any atom is -0.492 e. The summed E-state index contributed by atoms with van der Waals surface area (Å²) in [6, 6.07) is 18.7. The van der Waals surface area contributed by atoms with Gasteiger partial charge in [0.2, 0.25) is 5.91 Å². The fourth-order valence-corrected chi connectivity index (χ4v) is 4.94. The molecule has 0 bridgehead atoms. The molecule has 1 unspecified atom stereocenters. The van der Waals surface area contributed by atoms with Gasteiger partial charge in [0.1, 0.15) is 19.0 Å². The van der Waals surface area contributed by atoms with E-state index in [0.717, 1.165) is 22.2 Å². The molecule has 0 fully saturated rings. The lowest BCUT2D eigenvalue weighted by molar-refractivity contribution is -0.141. The zero-order valence-corrected chi connectivity index (χ0v) is 21.1. The monoisotopic (exact) mass is 507 g/mol. The van der Waals surface area contributed by atoms with Gasteiger partial charge in [0.15, 0.2) is 5.17 Å². The maximum Gasteiger partial charge on any atom is 0.338 e. The second-order valence-corrected chi connectivity index (χ2v) is 8.96. The first-order chi connectivity index (χ1) is 17.6. The number of thioether (sulfide) groups is 1. The molecule has 2 heterocycles. The number of amidine groups is 1. The number of para-hydroxylation sites is 1. The van der Waals surface area contributed by atoms with Crippen molar-refractivity contribution in [3.63, 3.8) is 0 Å². The number of nitrogens with one attached hydrogen (secondary N) is 1. The fourth-order valence-electron chi connectivity index (χ4n) is 3.98. The van der Waals surface area contributed by atoms with Crippen LogP contribution in [0.2, 0.25) is 0 Å². The third-order valence-electron chi connectivity index (χ3n) is 5.63. The van der Waals surface area contributed by atoms with Crippen molar-refractivity contribution in [2.24, 2.45) is 4.99 Å². The van der Waals surface area contributed by atoms with E-state index in [2.05, 4.69) is 10.3 Å². The van der Waals surface area contributed by atoms with Crippen molar-refractivity contribution in [2.45, 2.75) is 19.4 Å². The largest absolute Gasteiger partial charge is 0.492 e. The summed E-state index contributed by atoms with van der Waals surface area (Å²) in [7, 11) is 1.56. The van der Waals surface area contributed by atoms with Gasteiger partial charge in [0.25, 0.3) is 0 Å². The van der Waals surface area contributed by atoms with E-state index in [1.165, 1.54) is 11.8 Å². The second-order valence-electron chi connectivity index (χ2n) is 8.12. The minimum atomic E-state index is -0.454. The van der Waals surface area contributed by atoms with Crippen LogP contribution in [0, 0.1) is 0 Å². The Kier molecular flexibility index (Phi) is 8.80. The number of aliphatic imine (C=N–C) groups is 1. The van der Waals surface area contributed by atoms with Crippen molar-refractivity contribution < 1.29 is 23.8 Å². The second kappa shape index (κ2) is 12.4. The third kappa shape index (κ3) is 6.16. The maximum absolute atomic E-state index is 13.1. The first kappa shape index (κ1) is 25.5. The van der Waals surface area contributed by atoms with Gasteiger partial charge in [0, 0.05) is 12.8 Å². The smallest absolute Gasteiger partial charge is 0.338 e. The summed E-state index contributed by atoms with van der Waals surface area (Å²) >= 11 is 1.44. The van der Waals surface area contributed by atoms with E-state index in [9.17, 15) is 9.59 Å². The molecule has 8 nitrogen and oxygen atoms in total. The van der Waals surface area contributed by atoms with Crippen LogP contribution in [0.3, 0.4) is 0 Å². The normalized spacial score (nSPS) is 16.7. The van der Waals surface area contributed by atoms with Crippen LogP contribution in [0.1, 0.15) is 24.9 Å². The summed E-state index contributed by atoms with van der Waals surface area (Å²) in [4.78, 5) is 32.5. The van der Waals surface area contributed by atoms with Crippen molar-refractivity contribution in [1.82, 2.24) is 10.2 Å². The van der Waals surface area contributed by atoms with Crippen LogP contribution in [-0.2, 0) is 19.1 Å². The molecule has 0 aliphatic carbocycles. The first-order valence-corrected chi connectivity index (χ1v) is 12.6. The van der Waals surface area contributed by atoms with Gasteiger partial charge in [-0.1, -0.05) is 60.3 Å². The van der Waals surface area contributed by atoms with Crippen LogP contribution in [-0.4, -0.2) is 55.4 Å². The van der Waals surface area contributed by atoms with Crippen LogP contribution in [0.25, 0.3) is 0 Å². The van der Waals surface area contributed by atoms with Crippen molar-refractivity contribution in [1.29, 1.82) is 0 Å². The van der Waals surface area contributed by atoms with E-state index >= 15 is 0 Å². The van der Waals surface area contributed by atoms with Crippen molar-refractivity contribution in [3.05, 3.63) is 88.6 Å². The highest BCUT2D eigenvalue weighted by atomic mass is 32.2. The van der Waals surface area contributed by atoms with Gasteiger partial charge >= 0.3 is 5.97 Å². The van der Waals surface area contributed by atoms with Crippen molar-refractivity contribution in [2.75, 3.05) is 33.5 Å². The van der Waals surface area contributed by atoms with Crippen LogP contribution in [0.5, 0.6) is 5.75 Å². The Hall–Kier alpha value is -3.56. The number of allylic oxidation sites excluding steroid dienone is 1. The molecule has 36 heavy (non-hydrogen) atoms. The Morgan fingerprint density at radius 2 is 1.75 bits per heavy atom. The molecule has 0 aromatic heterocycles. The molecule has 1 N–H and O–H groups in total. The summed E-state index contributed by atoms with van der Waals surface area (Å²) in [5.41, 5.74) is 2.73. The molecule has 1 atom stereocenters. The molecule has 2 aromatic rings.